The van der Waals surface area contributed by atoms with Crippen LogP contribution in [0.25, 0.3) is 17.0 Å². The van der Waals surface area contributed by atoms with Crippen LogP contribution in [0.5, 0.6) is 5.75 Å². The molecule has 1 aliphatic rings. The Kier molecular flexibility index (Phi) is 5.79. The van der Waals surface area contributed by atoms with Crippen molar-refractivity contribution in [1.29, 1.82) is 0 Å². The molecule has 0 amide bonds. The first-order chi connectivity index (χ1) is 11.3. The van der Waals surface area contributed by atoms with Gasteiger partial charge in [-0.15, -0.1) is 0 Å². The first kappa shape index (κ1) is 16.2. The van der Waals surface area contributed by atoms with Gasteiger partial charge in [0.1, 0.15) is 17.1 Å². The van der Waals surface area contributed by atoms with Crippen molar-refractivity contribution in [3.8, 4) is 5.75 Å². The molecule has 0 spiro atoms. The zero-order valence-electron chi connectivity index (χ0n) is 14.0. The first-order valence-electron chi connectivity index (χ1n) is 9.23. The summed E-state index contributed by atoms with van der Waals surface area (Å²) in [4.78, 5) is 0. The second kappa shape index (κ2) is 8.24. The Balaban J connectivity index is 1.72. The fourth-order valence-corrected chi connectivity index (χ4v) is 3.52. The van der Waals surface area contributed by atoms with E-state index in [0.717, 1.165) is 16.7 Å². The molecular weight excluding hydrogens is 284 g/mol. The molecule has 1 aromatic carbocycles. The van der Waals surface area contributed by atoms with Gasteiger partial charge in [0.2, 0.25) is 0 Å². The third-order valence-corrected chi connectivity index (χ3v) is 4.86. The molecule has 1 heterocycles. The highest BCUT2D eigenvalue weighted by Gasteiger charge is 2.06. The van der Waals surface area contributed by atoms with Crippen LogP contribution in [0.2, 0.25) is 0 Å². The fourth-order valence-electron chi connectivity index (χ4n) is 3.52. The molecule has 0 bridgehead atoms. The smallest absolute Gasteiger partial charge is 0.138 e. The molecule has 0 aliphatic heterocycles. The van der Waals surface area contributed by atoms with E-state index in [9.17, 15) is 5.11 Å². The number of allylic oxidation sites excluding steroid dienone is 1. The van der Waals surface area contributed by atoms with Gasteiger partial charge >= 0.3 is 0 Å². The predicted octanol–water partition coefficient (Wildman–Crippen LogP) is 6.83. The van der Waals surface area contributed by atoms with Gasteiger partial charge in [-0.3, -0.25) is 0 Å². The van der Waals surface area contributed by atoms with Crippen LogP contribution < -0.4 is 0 Å². The van der Waals surface area contributed by atoms with Gasteiger partial charge in [-0.25, -0.2) is 0 Å². The van der Waals surface area contributed by atoms with Crippen LogP contribution in [-0.4, -0.2) is 5.11 Å². The van der Waals surface area contributed by atoms with E-state index in [1.165, 1.54) is 76.2 Å². The molecule has 23 heavy (non-hydrogen) atoms. The highest BCUT2D eigenvalue weighted by atomic mass is 16.3. The summed E-state index contributed by atoms with van der Waals surface area (Å²) in [7, 11) is 0. The topological polar surface area (TPSA) is 33.4 Å². The van der Waals surface area contributed by atoms with Crippen molar-refractivity contribution in [3.05, 3.63) is 35.6 Å². The van der Waals surface area contributed by atoms with Crippen LogP contribution in [0.3, 0.4) is 0 Å². The molecule has 1 fully saturated rings. The van der Waals surface area contributed by atoms with Crippen molar-refractivity contribution in [2.24, 2.45) is 0 Å². The largest absolute Gasteiger partial charge is 0.508 e. The van der Waals surface area contributed by atoms with Crippen molar-refractivity contribution < 1.29 is 9.52 Å². The van der Waals surface area contributed by atoms with E-state index in [0.29, 0.717) is 0 Å². The van der Waals surface area contributed by atoms with Crippen LogP contribution in [0, 0.1) is 0 Å². The predicted molar refractivity (Wildman–Crippen MR) is 96.6 cm³/mol. The van der Waals surface area contributed by atoms with E-state index in [1.807, 2.05) is 6.07 Å². The second-order valence-corrected chi connectivity index (χ2v) is 6.86. The maximum Gasteiger partial charge on any atom is 0.138 e. The summed E-state index contributed by atoms with van der Waals surface area (Å²) in [5.41, 5.74) is 2.29. The molecule has 124 valence electrons. The standard InChI is InChI=1S/C21H28O2/c22-19-13-12-18-15-20(23-21(18)16-19)14-17-10-8-6-4-2-1-3-5-7-9-11-17/h12-16,22H,1-11H2. The summed E-state index contributed by atoms with van der Waals surface area (Å²) in [5.74, 6) is 1.18. The van der Waals surface area contributed by atoms with Crippen molar-refractivity contribution in [2.45, 2.75) is 70.6 Å². The minimum atomic E-state index is 0.261. The number of phenolic OH excluding ortho intramolecular Hbond substituents is 1. The monoisotopic (exact) mass is 312 g/mol. The third-order valence-electron chi connectivity index (χ3n) is 4.86. The summed E-state index contributed by atoms with van der Waals surface area (Å²) >= 11 is 0. The number of aromatic hydroxyl groups is 1. The Labute approximate surface area is 139 Å². The van der Waals surface area contributed by atoms with Crippen molar-refractivity contribution >= 4 is 17.0 Å². The minimum Gasteiger partial charge on any atom is -0.508 e. The average molecular weight is 312 g/mol. The van der Waals surface area contributed by atoms with Gasteiger partial charge in [0, 0.05) is 11.5 Å². The van der Waals surface area contributed by atoms with E-state index in [1.54, 1.807) is 12.1 Å². The number of fused-ring (bicyclic) bond motifs is 1. The van der Waals surface area contributed by atoms with Gasteiger partial charge in [-0.05, 0) is 50.0 Å². The fraction of sp³-hybridized carbons (Fsp3) is 0.524. The Morgan fingerprint density at radius 1 is 0.783 bits per heavy atom. The van der Waals surface area contributed by atoms with Gasteiger partial charge in [0.25, 0.3) is 0 Å². The molecule has 0 radical (unpaired) electrons. The van der Waals surface area contributed by atoms with E-state index >= 15 is 0 Å². The number of phenols is 1. The SMILES string of the molecule is Oc1ccc2cc(C=C3CCCCCCCCCCC3)oc2c1. The number of hydrogen-bond acceptors (Lipinski definition) is 2. The van der Waals surface area contributed by atoms with E-state index in [2.05, 4.69) is 12.1 Å². The number of hydrogen-bond donors (Lipinski definition) is 1. The van der Waals surface area contributed by atoms with Crippen LogP contribution in [0.15, 0.2) is 34.3 Å². The first-order valence-corrected chi connectivity index (χ1v) is 9.23. The van der Waals surface area contributed by atoms with Crippen LogP contribution in [0.1, 0.15) is 76.4 Å². The molecule has 1 N–H and O–H groups in total. The average Bonchev–Trinajstić information content (AvgIpc) is 2.91. The molecule has 1 saturated carbocycles. The van der Waals surface area contributed by atoms with Crippen molar-refractivity contribution in [2.75, 3.05) is 0 Å². The van der Waals surface area contributed by atoms with E-state index in [4.69, 9.17) is 4.42 Å². The summed E-state index contributed by atoms with van der Waals surface area (Å²) in [6.07, 6.45) is 16.9. The lowest BCUT2D eigenvalue weighted by molar-refractivity contribution is 0.474. The van der Waals surface area contributed by atoms with Gasteiger partial charge < -0.3 is 9.52 Å². The number of benzene rings is 1. The van der Waals surface area contributed by atoms with E-state index in [-0.39, 0.29) is 5.75 Å². The highest BCUT2D eigenvalue weighted by molar-refractivity contribution is 5.81. The normalized spacial score (nSPS) is 18.3. The summed E-state index contributed by atoms with van der Waals surface area (Å²) in [6.45, 7) is 0. The lowest BCUT2D eigenvalue weighted by Gasteiger charge is -2.09. The number of furan rings is 1. The molecule has 2 nitrogen and oxygen atoms in total. The van der Waals surface area contributed by atoms with Crippen LogP contribution in [0.4, 0.5) is 0 Å². The van der Waals surface area contributed by atoms with Crippen molar-refractivity contribution in [1.82, 2.24) is 0 Å². The lowest BCUT2D eigenvalue weighted by Crippen LogP contribution is -1.90. The highest BCUT2D eigenvalue weighted by Crippen LogP contribution is 2.27. The quantitative estimate of drug-likeness (QED) is 0.626. The second-order valence-electron chi connectivity index (χ2n) is 6.86. The number of rotatable bonds is 1. The summed E-state index contributed by atoms with van der Waals surface area (Å²) in [5, 5.41) is 10.6. The zero-order chi connectivity index (χ0) is 15.9. The molecule has 1 aromatic heterocycles. The molecule has 0 unspecified atom stereocenters. The Hall–Kier alpha value is -1.70. The Morgan fingerprint density at radius 2 is 1.39 bits per heavy atom. The maximum absolute atomic E-state index is 9.56. The van der Waals surface area contributed by atoms with E-state index < -0.39 is 0 Å². The molecule has 0 atom stereocenters. The zero-order valence-corrected chi connectivity index (χ0v) is 14.0. The molecule has 2 heteroatoms. The lowest BCUT2D eigenvalue weighted by atomic mass is 9.97. The third kappa shape index (κ3) is 4.89. The van der Waals surface area contributed by atoms with Gasteiger partial charge in [0.15, 0.2) is 0 Å². The maximum atomic E-state index is 9.56. The molecule has 0 saturated heterocycles. The molecular formula is C21H28O2. The summed E-state index contributed by atoms with van der Waals surface area (Å²) in [6, 6.07) is 7.40. The van der Waals surface area contributed by atoms with Crippen LogP contribution in [-0.2, 0) is 0 Å². The Morgan fingerprint density at radius 3 is 2.04 bits per heavy atom. The van der Waals surface area contributed by atoms with Gasteiger partial charge in [0.05, 0.1) is 0 Å². The summed E-state index contributed by atoms with van der Waals surface area (Å²) < 4.78 is 5.89. The molecule has 2 aromatic rings. The van der Waals surface area contributed by atoms with Crippen molar-refractivity contribution in [3.63, 3.8) is 0 Å². The van der Waals surface area contributed by atoms with Gasteiger partial charge in [-0.1, -0.05) is 50.5 Å². The molecule has 3 rings (SSSR count). The molecule has 1 aliphatic carbocycles. The minimum absolute atomic E-state index is 0.261. The Bertz CT molecular complexity index is 637. The van der Waals surface area contributed by atoms with Gasteiger partial charge in [-0.2, -0.15) is 0 Å². The van der Waals surface area contributed by atoms with Crippen LogP contribution >= 0.6 is 0 Å².